The summed E-state index contributed by atoms with van der Waals surface area (Å²) >= 11 is 6.23. The van der Waals surface area contributed by atoms with E-state index >= 15 is 0 Å². The molecule has 0 aliphatic carbocycles. The Morgan fingerprint density at radius 3 is 2.64 bits per heavy atom. The molecule has 1 fully saturated rings. The zero-order valence-corrected chi connectivity index (χ0v) is 19.1. The van der Waals surface area contributed by atoms with Crippen molar-refractivity contribution in [2.75, 3.05) is 13.3 Å². The first-order valence-corrected chi connectivity index (χ1v) is 11.7. The summed E-state index contributed by atoms with van der Waals surface area (Å²) in [6, 6.07) is 24.6. The highest BCUT2D eigenvalue weighted by Crippen LogP contribution is 2.35. The molecule has 2 aliphatic heterocycles. The summed E-state index contributed by atoms with van der Waals surface area (Å²) in [5.74, 6) is 1.52. The van der Waals surface area contributed by atoms with Gasteiger partial charge in [-0.05, 0) is 53.8 Å². The number of rotatable bonds is 6. The highest BCUT2D eigenvalue weighted by Gasteiger charge is 2.32. The minimum atomic E-state index is -0.0573. The number of ether oxygens (including phenoxy) is 2. The lowest BCUT2D eigenvalue weighted by molar-refractivity contribution is -0.127. The van der Waals surface area contributed by atoms with E-state index in [-0.39, 0.29) is 24.7 Å². The molecular weight excluding hydrogens is 436 g/mol. The van der Waals surface area contributed by atoms with Crippen molar-refractivity contribution in [1.29, 1.82) is 0 Å². The number of piperidine rings is 1. The highest BCUT2D eigenvalue weighted by atomic mass is 35.5. The van der Waals surface area contributed by atoms with Crippen LogP contribution in [0.1, 0.15) is 35.6 Å². The molecule has 0 saturated carbocycles. The third-order valence-corrected chi connectivity index (χ3v) is 6.65. The topological polar surface area (TPSA) is 50.8 Å². The Balaban J connectivity index is 1.27. The van der Waals surface area contributed by atoms with Gasteiger partial charge in [0.15, 0.2) is 11.5 Å². The van der Waals surface area contributed by atoms with Crippen LogP contribution >= 0.6 is 11.6 Å². The molecule has 0 radical (unpaired) electrons. The predicted molar refractivity (Wildman–Crippen MR) is 128 cm³/mol. The number of amides is 1. The standard InChI is InChI=1S/C27H27ClN2O3/c28-23-8-4-5-20(13-23)16-30-17-22(10-11-24(30)21-6-2-1-3-7-21)27(31)29-15-19-9-12-25-26(14-19)33-18-32-25/h1-9,12-14,22,24H,10-11,15-18H2,(H,29,31)/t22-,24+/m0/s1. The van der Waals surface area contributed by atoms with Gasteiger partial charge in [-0.25, -0.2) is 0 Å². The maximum Gasteiger partial charge on any atom is 0.231 e. The number of nitrogens with zero attached hydrogens (tertiary/aromatic N) is 1. The molecule has 3 aromatic carbocycles. The van der Waals surface area contributed by atoms with Crippen LogP contribution < -0.4 is 14.8 Å². The number of nitrogens with one attached hydrogen (secondary N) is 1. The van der Waals surface area contributed by atoms with Crippen LogP contribution in [0.15, 0.2) is 72.8 Å². The maximum atomic E-state index is 13.1. The molecule has 0 unspecified atom stereocenters. The quantitative estimate of drug-likeness (QED) is 0.537. The van der Waals surface area contributed by atoms with E-state index in [1.54, 1.807) is 0 Å². The minimum absolute atomic E-state index is 0.0573. The molecule has 0 aromatic heterocycles. The van der Waals surface area contributed by atoms with E-state index < -0.39 is 0 Å². The third kappa shape index (κ3) is 5.15. The molecule has 0 bridgehead atoms. The SMILES string of the molecule is O=C(NCc1ccc2c(c1)OCO2)[C@H]1CC[C@H](c2ccccc2)N(Cc2cccc(Cl)c2)C1. The Hall–Kier alpha value is -3.02. The number of hydrogen-bond acceptors (Lipinski definition) is 4. The van der Waals surface area contributed by atoms with Gasteiger partial charge in [0.25, 0.3) is 0 Å². The van der Waals surface area contributed by atoms with Crippen LogP contribution in [0.5, 0.6) is 11.5 Å². The normalized spacial score (nSPS) is 19.9. The summed E-state index contributed by atoms with van der Waals surface area (Å²) in [5, 5.41) is 3.86. The van der Waals surface area contributed by atoms with Crippen LogP contribution in [0, 0.1) is 5.92 Å². The van der Waals surface area contributed by atoms with Gasteiger partial charge in [0.2, 0.25) is 12.7 Å². The predicted octanol–water partition coefficient (Wildman–Crippen LogP) is 5.34. The Labute approximate surface area is 199 Å². The molecule has 0 spiro atoms. The molecule has 5 rings (SSSR count). The number of benzene rings is 3. The van der Waals surface area contributed by atoms with Crippen molar-refractivity contribution in [3.8, 4) is 11.5 Å². The molecule has 2 atom stereocenters. The molecule has 170 valence electrons. The molecule has 5 nitrogen and oxygen atoms in total. The van der Waals surface area contributed by atoms with Gasteiger partial charge in [-0.2, -0.15) is 0 Å². The summed E-state index contributed by atoms with van der Waals surface area (Å²) < 4.78 is 10.8. The Morgan fingerprint density at radius 1 is 0.939 bits per heavy atom. The van der Waals surface area contributed by atoms with Crippen LogP contribution in [0.25, 0.3) is 0 Å². The lowest BCUT2D eigenvalue weighted by Gasteiger charge is -2.39. The second kappa shape index (κ2) is 9.86. The van der Waals surface area contributed by atoms with Gasteiger partial charge in [-0.1, -0.05) is 60.1 Å². The number of carbonyl (C=O) groups excluding carboxylic acids is 1. The van der Waals surface area contributed by atoms with Gasteiger partial charge >= 0.3 is 0 Å². The molecule has 6 heteroatoms. The first-order chi connectivity index (χ1) is 16.2. The smallest absolute Gasteiger partial charge is 0.231 e. The molecule has 33 heavy (non-hydrogen) atoms. The molecule has 1 saturated heterocycles. The van der Waals surface area contributed by atoms with Gasteiger partial charge in [0.1, 0.15) is 0 Å². The number of halogens is 1. The molecule has 2 heterocycles. The fraction of sp³-hybridized carbons (Fsp3) is 0.296. The van der Waals surface area contributed by atoms with Crippen LogP contribution in [0.3, 0.4) is 0 Å². The summed E-state index contributed by atoms with van der Waals surface area (Å²) in [6.07, 6.45) is 1.80. The van der Waals surface area contributed by atoms with E-state index in [1.165, 1.54) is 5.56 Å². The van der Waals surface area contributed by atoms with Crippen molar-refractivity contribution in [2.24, 2.45) is 5.92 Å². The van der Waals surface area contributed by atoms with E-state index in [2.05, 4.69) is 40.5 Å². The van der Waals surface area contributed by atoms with Crippen molar-refractivity contribution in [1.82, 2.24) is 10.2 Å². The third-order valence-electron chi connectivity index (χ3n) is 6.42. The average molecular weight is 463 g/mol. The van der Waals surface area contributed by atoms with E-state index in [1.807, 2.05) is 42.5 Å². The molecule has 1 amide bonds. The number of carbonyl (C=O) groups is 1. The number of hydrogen-bond donors (Lipinski definition) is 1. The lowest BCUT2D eigenvalue weighted by atomic mass is 9.88. The Bertz CT molecular complexity index is 1120. The van der Waals surface area contributed by atoms with E-state index in [0.717, 1.165) is 47.0 Å². The maximum absolute atomic E-state index is 13.1. The van der Waals surface area contributed by atoms with Gasteiger partial charge in [0, 0.05) is 30.7 Å². The first kappa shape index (κ1) is 21.8. The molecule has 1 N–H and O–H groups in total. The highest BCUT2D eigenvalue weighted by molar-refractivity contribution is 6.30. The fourth-order valence-corrected chi connectivity index (χ4v) is 4.95. The summed E-state index contributed by atoms with van der Waals surface area (Å²) in [6.45, 7) is 2.19. The summed E-state index contributed by atoms with van der Waals surface area (Å²) in [5.41, 5.74) is 3.45. The zero-order chi connectivity index (χ0) is 22.6. The van der Waals surface area contributed by atoms with Crippen molar-refractivity contribution < 1.29 is 14.3 Å². The van der Waals surface area contributed by atoms with Gasteiger partial charge in [-0.3, -0.25) is 9.69 Å². The molecule has 3 aromatic rings. The van der Waals surface area contributed by atoms with Crippen molar-refractivity contribution in [2.45, 2.75) is 32.0 Å². The lowest BCUT2D eigenvalue weighted by Crippen LogP contribution is -2.44. The van der Waals surface area contributed by atoms with Crippen molar-refractivity contribution in [3.63, 3.8) is 0 Å². The Kier molecular flexibility index (Phi) is 6.51. The molecular formula is C27H27ClN2O3. The van der Waals surface area contributed by atoms with Crippen molar-refractivity contribution in [3.05, 3.63) is 94.5 Å². The average Bonchev–Trinajstić information content (AvgIpc) is 3.31. The Morgan fingerprint density at radius 2 is 1.79 bits per heavy atom. The van der Waals surface area contributed by atoms with E-state index in [9.17, 15) is 4.79 Å². The monoisotopic (exact) mass is 462 g/mol. The minimum Gasteiger partial charge on any atom is -0.454 e. The first-order valence-electron chi connectivity index (χ1n) is 11.4. The second-order valence-electron chi connectivity index (χ2n) is 8.67. The van der Waals surface area contributed by atoms with Crippen LogP contribution in [0.2, 0.25) is 5.02 Å². The fourth-order valence-electron chi connectivity index (χ4n) is 4.74. The zero-order valence-electron chi connectivity index (χ0n) is 18.4. The largest absolute Gasteiger partial charge is 0.454 e. The van der Waals surface area contributed by atoms with Gasteiger partial charge < -0.3 is 14.8 Å². The van der Waals surface area contributed by atoms with Gasteiger partial charge in [0.05, 0.1) is 5.92 Å². The van der Waals surface area contributed by atoms with Crippen LogP contribution in [-0.4, -0.2) is 24.1 Å². The summed E-state index contributed by atoms with van der Waals surface area (Å²) in [4.78, 5) is 15.5. The number of likely N-dealkylation sites (tertiary alicyclic amines) is 1. The van der Waals surface area contributed by atoms with Crippen LogP contribution in [-0.2, 0) is 17.9 Å². The van der Waals surface area contributed by atoms with E-state index in [0.29, 0.717) is 13.1 Å². The summed E-state index contributed by atoms with van der Waals surface area (Å²) in [7, 11) is 0. The number of fused-ring (bicyclic) bond motifs is 1. The molecule has 2 aliphatic rings. The van der Waals surface area contributed by atoms with Gasteiger partial charge in [-0.15, -0.1) is 0 Å². The van der Waals surface area contributed by atoms with Crippen LogP contribution in [0.4, 0.5) is 0 Å². The van der Waals surface area contributed by atoms with E-state index in [4.69, 9.17) is 21.1 Å². The van der Waals surface area contributed by atoms with Crippen molar-refractivity contribution >= 4 is 17.5 Å². The second-order valence-corrected chi connectivity index (χ2v) is 9.10.